The van der Waals surface area contributed by atoms with Gasteiger partial charge in [-0.05, 0) is 72.5 Å². The van der Waals surface area contributed by atoms with Gasteiger partial charge in [0.05, 0.1) is 0 Å². The Hall–Kier alpha value is -3.15. The summed E-state index contributed by atoms with van der Waals surface area (Å²) in [5.41, 5.74) is 4.22. The number of aromatic hydroxyl groups is 2. The summed E-state index contributed by atoms with van der Waals surface area (Å²) in [6, 6.07) is 17.9. The molecule has 1 fully saturated rings. The minimum Gasteiger partial charge on any atom is -0.508 e. The molecule has 3 aromatic rings. The molecule has 0 saturated carbocycles. The van der Waals surface area contributed by atoms with Crippen molar-refractivity contribution >= 4 is 22.7 Å². The van der Waals surface area contributed by atoms with Gasteiger partial charge >= 0.3 is 0 Å². The molecule has 2 aliphatic heterocycles. The van der Waals surface area contributed by atoms with E-state index in [1.165, 1.54) is 19.5 Å². The van der Waals surface area contributed by atoms with E-state index in [1.54, 1.807) is 36.4 Å². The Labute approximate surface area is 211 Å². The number of allylic oxidation sites excluding steroid dienone is 1. The molecule has 2 heterocycles. The van der Waals surface area contributed by atoms with E-state index in [0.29, 0.717) is 22.9 Å². The van der Waals surface area contributed by atoms with Gasteiger partial charge in [0.1, 0.15) is 35.7 Å². The number of phenolic OH excluding ortho intramolecular Hbond substituents is 2. The maximum Gasteiger partial charge on any atom is 0.150 e. The van der Waals surface area contributed by atoms with E-state index in [-0.39, 0.29) is 11.5 Å². The molecule has 182 valence electrons. The number of phenols is 2. The third kappa shape index (κ3) is 4.84. The van der Waals surface area contributed by atoms with Crippen molar-refractivity contribution in [1.29, 1.82) is 0 Å². The fraction of sp³-hybridized carbons (Fsp3) is 0.310. The maximum absolute atomic E-state index is 10.2. The fourth-order valence-corrected chi connectivity index (χ4v) is 5.11. The zero-order valence-electron chi connectivity index (χ0n) is 20.0. The minimum absolute atomic E-state index is 0.126. The van der Waals surface area contributed by atoms with E-state index in [4.69, 9.17) is 21.1 Å². The predicted molar refractivity (Wildman–Crippen MR) is 139 cm³/mol. The van der Waals surface area contributed by atoms with Gasteiger partial charge in [-0.25, -0.2) is 0 Å². The Morgan fingerprint density at radius 3 is 2.37 bits per heavy atom. The van der Waals surface area contributed by atoms with Crippen LogP contribution in [0.3, 0.4) is 0 Å². The van der Waals surface area contributed by atoms with Gasteiger partial charge in [-0.1, -0.05) is 37.1 Å². The van der Waals surface area contributed by atoms with Gasteiger partial charge in [-0.2, -0.15) is 0 Å². The van der Waals surface area contributed by atoms with Crippen LogP contribution in [0.1, 0.15) is 43.1 Å². The highest BCUT2D eigenvalue weighted by atomic mass is 35.5. The van der Waals surface area contributed by atoms with E-state index in [1.807, 2.05) is 31.2 Å². The van der Waals surface area contributed by atoms with Crippen LogP contribution in [0.5, 0.6) is 23.0 Å². The summed E-state index contributed by atoms with van der Waals surface area (Å²) in [7, 11) is 0. The predicted octanol–water partition coefficient (Wildman–Crippen LogP) is 6.54. The molecule has 5 nitrogen and oxygen atoms in total. The zero-order valence-corrected chi connectivity index (χ0v) is 20.8. The van der Waals surface area contributed by atoms with Crippen LogP contribution in [0, 0.1) is 5.92 Å². The molecular weight excluding hydrogens is 462 g/mol. The number of likely N-dealkylation sites (tertiary alicyclic amines) is 1. The molecule has 0 radical (unpaired) electrons. The smallest absolute Gasteiger partial charge is 0.150 e. The molecule has 35 heavy (non-hydrogen) atoms. The molecule has 0 spiro atoms. The number of benzene rings is 3. The fourth-order valence-electron chi connectivity index (χ4n) is 4.89. The molecule has 5 rings (SSSR count). The second-order valence-electron chi connectivity index (χ2n) is 9.33. The molecule has 6 heteroatoms. The number of halogens is 1. The van der Waals surface area contributed by atoms with Crippen molar-refractivity contribution in [3.05, 3.63) is 82.4 Å². The largest absolute Gasteiger partial charge is 0.508 e. The molecule has 1 saturated heterocycles. The van der Waals surface area contributed by atoms with E-state index in [0.717, 1.165) is 40.5 Å². The van der Waals surface area contributed by atoms with Crippen molar-refractivity contribution in [2.24, 2.45) is 5.92 Å². The maximum atomic E-state index is 10.2. The number of rotatable bonds is 7. The number of fused-ring (bicyclic) bond motifs is 1. The Morgan fingerprint density at radius 1 is 0.971 bits per heavy atom. The Morgan fingerprint density at radius 2 is 1.66 bits per heavy atom. The summed E-state index contributed by atoms with van der Waals surface area (Å²) in [5.74, 6) is 2.63. The molecule has 2 aliphatic rings. The van der Waals surface area contributed by atoms with Gasteiger partial charge in [0.15, 0.2) is 0 Å². The summed E-state index contributed by atoms with van der Waals surface area (Å²) in [6.45, 7) is 8.17. The summed E-state index contributed by atoms with van der Waals surface area (Å²) < 4.78 is 12.4. The van der Waals surface area contributed by atoms with Gasteiger partial charge in [0.25, 0.3) is 0 Å². The average molecular weight is 492 g/mol. The average Bonchev–Trinajstić information content (AvgIpc) is 2.83. The zero-order chi connectivity index (χ0) is 24.5. The molecule has 1 atom stereocenters. The first kappa shape index (κ1) is 23.6. The van der Waals surface area contributed by atoms with Crippen molar-refractivity contribution in [2.45, 2.75) is 26.4 Å². The second-order valence-corrected chi connectivity index (χ2v) is 9.74. The van der Waals surface area contributed by atoms with Crippen molar-refractivity contribution in [1.82, 2.24) is 4.90 Å². The van der Waals surface area contributed by atoms with Crippen LogP contribution in [0.4, 0.5) is 0 Å². The number of nitrogens with zero attached hydrogens (tertiary/aromatic N) is 1. The van der Waals surface area contributed by atoms with Gasteiger partial charge in [-0.15, -0.1) is 0 Å². The standard InChI is InChI=1S/C29H30ClNO4/c1-3-19-16-31(17-19)12-13-34-23-8-4-20(5-9-23)29-28(25-15-21(32)6-10-26(25)30)18(2)24-14-22(33)7-11-27(24)35-29/h4-11,14-15,19,29,32-33H,3,12-13,16-17H2,1-2H3. The first-order valence-corrected chi connectivity index (χ1v) is 12.5. The summed E-state index contributed by atoms with van der Waals surface area (Å²) in [6.07, 6.45) is 0.810. The highest BCUT2D eigenvalue weighted by Crippen LogP contribution is 2.49. The molecule has 0 amide bonds. The van der Waals surface area contributed by atoms with Crippen LogP contribution in [0.25, 0.3) is 11.1 Å². The van der Waals surface area contributed by atoms with E-state index < -0.39 is 6.10 Å². The number of hydrogen-bond acceptors (Lipinski definition) is 5. The van der Waals surface area contributed by atoms with Crippen molar-refractivity contribution in [3.8, 4) is 23.0 Å². The van der Waals surface area contributed by atoms with Crippen LogP contribution in [-0.4, -0.2) is 41.4 Å². The number of hydrogen-bond donors (Lipinski definition) is 2. The molecule has 2 N–H and O–H groups in total. The normalized spacial score (nSPS) is 18.1. The SMILES string of the molecule is CCC1CN(CCOc2ccc(C3Oc4ccc(O)cc4C(C)=C3c3cc(O)ccc3Cl)cc2)C1. The van der Waals surface area contributed by atoms with E-state index in [9.17, 15) is 10.2 Å². The lowest BCUT2D eigenvalue weighted by Gasteiger charge is -2.38. The molecule has 3 aromatic carbocycles. The second kappa shape index (κ2) is 9.84. The molecule has 0 aromatic heterocycles. The summed E-state index contributed by atoms with van der Waals surface area (Å²) in [4.78, 5) is 2.42. The Kier molecular flexibility index (Phi) is 6.63. The van der Waals surface area contributed by atoms with Crippen molar-refractivity contribution in [2.75, 3.05) is 26.2 Å². The van der Waals surface area contributed by atoms with Gasteiger partial charge in [0.2, 0.25) is 0 Å². The highest BCUT2D eigenvalue weighted by molar-refractivity contribution is 6.32. The highest BCUT2D eigenvalue weighted by Gasteiger charge is 2.31. The number of ether oxygens (including phenoxy) is 2. The van der Waals surface area contributed by atoms with Gasteiger partial charge < -0.3 is 19.7 Å². The summed E-state index contributed by atoms with van der Waals surface area (Å²) >= 11 is 6.57. The monoisotopic (exact) mass is 491 g/mol. The Balaban J connectivity index is 1.41. The Bertz CT molecular complexity index is 1250. The van der Waals surface area contributed by atoms with Crippen molar-refractivity contribution < 1.29 is 19.7 Å². The van der Waals surface area contributed by atoms with Crippen LogP contribution < -0.4 is 9.47 Å². The molecule has 0 aliphatic carbocycles. The van der Waals surface area contributed by atoms with Crippen LogP contribution in [0.15, 0.2) is 60.7 Å². The van der Waals surface area contributed by atoms with Crippen LogP contribution >= 0.6 is 11.6 Å². The van der Waals surface area contributed by atoms with Crippen LogP contribution in [-0.2, 0) is 0 Å². The molecule has 0 bridgehead atoms. The van der Waals surface area contributed by atoms with Crippen LogP contribution in [0.2, 0.25) is 5.02 Å². The van der Waals surface area contributed by atoms with E-state index in [2.05, 4.69) is 11.8 Å². The first-order valence-electron chi connectivity index (χ1n) is 12.1. The summed E-state index contributed by atoms with van der Waals surface area (Å²) in [5, 5.41) is 20.8. The lowest BCUT2D eigenvalue weighted by atomic mass is 9.86. The van der Waals surface area contributed by atoms with Gasteiger partial charge in [0, 0.05) is 41.4 Å². The third-order valence-corrected chi connectivity index (χ3v) is 7.32. The quantitative estimate of drug-likeness (QED) is 0.393. The molecular formula is C29H30ClNO4. The lowest BCUT2D eigenvalue weighted by molar-refractivity contribution is 0.0806. The van der Waals surface area contributed by atoms with Gasteiger partial charge in [-0.3, -0.25) is 4.90 Å². The lowest BCUT2D eigenvalue weighted by Crippen LogP contribution is -2.47. The van der Waals surface area contributed by atoms with Crippen molar-refractivity contribution in [3.63, 3.8) is 0 Å². The molecule has 1 unspecified atom stereocenters. The minimum atomic E-state index is -0.438. The van der Waals surface area contributed by atoms with E-state index >= 15 is 0 Å². The first-order chi connectivity index (χ1) is 16.9. The topological polar surface area (TPSA) is 62.2 Å². The third-order valence-electron chi connectivity index (χ3n) is 6.99.